The third kappa shape index (κ3) is 22.7. The van der Waals surface area contributed by atoms with Gasteiger partial charge in [-0.3, -0.25) is 9.88 Å². The van der Waals surface area contributed by atoms with Gasteiger partial charge in [0.15, 0.2) is 44.1 Å². The van der Waals surface area contributed by atoms with Crippen LogP contribution >= 0.6 is 45.3 Å². The molecule has 0 saturated carbocycles. The van der Waals surface area contributed by atoms with Crippen LogP contribution in [-0.4, -0.2) is 122 Å². The number of alkyl halides is 10. The zero-order chi connectivity index (χ0) is 68.7. The molecule has 0 bridgehead atoms. The van der Waals surface area contributed by atoms with E-state index in [0.717, 1.165) is 19.4 Å². The first kappa shape index (κ1) is 74.8. The van der Waals surface area contributed by atoms with Crippen molar-refractivity contribution < 1.29 is 78.3 Å². The summed E-state index contributed by atoms with van der Waals surface area (Å²) in [6.45, 7) is 9.98. The predicted octanol–water partition coefficient (Wildman–Crippen LogP) is 15.6. The molecule has 502 valence electrons. The molecule has 3 amide bonds. The number of ether oxygens (including phenoxy) is 3. The molecule has 0 aliphatic carbocycles. The summed E-state index contributed by atoms with van der Waals surface area (Å²) in [7, 11) is 5.18. The Balaban J connectivity index is 0.000000274. The molecule has 0 aliphatic rings. The number of benzene rings is 3. The van der Waals surface area contributed by atoms with Crippen molar-refractivity contribution in [2.45, 2.75) is 104 Å². The molecule has 21 nitrogen and oxygen atoms in total. The molecule has 0 spiro atoms. The van der Waals surface area contributed by atoms with Gasteiger partial charge in [0.2, 0.25) is 0 Å². The maximum Gasteiger partial charge on any atom is 0.437 e. The first-order chi connectivity index (χ1) is 44.3. The summed E-state index contributed by atoms with van der Waals surface area (Å²) in [5.41, 5.74) is 4.28. The third-order valence-corrected chi connectivity index (χ3v) is 13.8. The number of aromatic nitrogens is 7. The van der Waals surface area contributed by atoms with Gasteiger partial charge in [-0.05, 0) is 93.4 Å². The number of thiazole rings is 2. The fraction of sp³-hybridized carbons (Fsp3) is 0.441. The molecule has 0 aliphatic heterocycles. The van der Waals surface area contributed by atoms with Gasteiger partial charge in [-0.15, -0.1) is 22.7 Å². The molecular formula is C59H71F9IN13O8S2. The molecular weight excluding hydrogens is 1380 g/mol. The van der Waals surface area contributed by atoms with E-state index in [-0.39, 0.29) is 51.6 Å². The van der Waals surface area contributed by atoms with E-state index in [4.69, 9.17) is 40.1 Å². The van der Waals surface area contributed by atoms with Crippen LogP contribution in [0.2, 0.25) is 0 Å². The Labute approximate surface area is 547 Å². The number of nitrogens with one attached hydrogen (secondary N) is 2. The maximum atomic E-state index is 13.1. The van der Waals surface area contributed by atoms with Gasteiger partial charge in [0.25, 0.3) is 0 Å². The number of imidazole rings is 1. The lowest BCUT2D eigenvalue weighted by Gasteiger charge is -2.17. The van der Waals surface area contributed by atoms with Gasteiger partial charge in [0, 0.05) is 87.7 Å². The number of halogens is 10. The Morgan fingerprint density at radius 3 is 1.41 bits per heavy atom. The minimum atomic E-state index is -4.58. The van der Waals surface area contributed by atoms with Crippen LogP contribution < -0.4 is 30.6 Å². The number of amides is 3. The molecule has 0 radical (unpaired) electrons. The van der Waals surface area contributed by atoms with Crippen molar-refractivity contribution in [2.75, 3.05) is 76.6 Å². The number of urea groups is 1. The van der Waals surface area contributed by atoms with Crippen molar-refractivity contribution in [2.24, 2.45) is 0 Å². The Kier molecular flexibility index (Phi) is 31.0. The second-order valence-electron chi connectivity index (χ2n) is 19.3. The molecule has 92 heavy (non-hydrogen) atoms. The Bertz CT molecular complexity index is 3680. The van der Waals surface area contributed by atoms with Crippen LogP contribution in [0.25, 0.3) is 32.9 Å². The average molecular weight is 1450 g/mol. The Hall–Kier alpha value is -7.97. The summed E-state index contributed by atoms with van der Waals surface area (Å²) in [6.07, 6.45) is -0.246. The van der Waals surface area contributed by atoms with Crippen LogP contribution in [0.5, 0.6) is 17.2 Å². The number of aryl methyl sites for hydroxylation is 3. The van der Waals surface area contributed by atoms with E-state index in [1.807, 2.05) is 55.8 Å². The fourth-order valence-corrected chi connectivity index (χ4v) is 9.38. The molecule has 33 heteroatoms. The summed E-state index contributed by atoms with van der Waals surface area (Å²) in [6, 6.07) is 9.85. The predicted molar refractivity (Wildman–Crippen MR) is 340 cm³/mol. The minimum absolute atomic E-state index is 0.0153. The lowest BCUT2D eigenvalue weighted by molar-refractivity contribution is -0.142. The van der Waals surface area contributed by atoms with Gasteiger partial charge in [-0.2, -0.15) is 44.8 Å². The lowest BCUT2D eigenvalue weighted by atomic mass is 10.0. The first-order valence-corrected chi connectivity index (χ1v) is 31.6. The van der Waals surface area contributed by atoms with Crippen LogP contribution in [-0.2, 0) is 37.8 Å². The van der Waals surface area contributed by atoms with E-state index >= 15 is 0 Å². The number of nitrogens with two attached hydrogens (primary N) is 1. The normalized spacial score (nSPS) is 11.2. The average Bonchev–Trinajstić information content (AvgIpc) is 1.69. The molecule has 4 N–H and O–H groups in total. The van der Waals surface area contributed by atoms with Gasteiger partial charge in [0.05, 0.1) is 42.0 Å². The lowest BCUT2D eigenvalue weighted by Crippen LogP contribution is -2.32. The van der Waals surface area contributed by atoms with Crippen molar-refractivity contribution in [3.8, 4) is 23.3 Å². The summed E-state index contributed by atoms with van der Waals surface area (Å²) in [5, 5.41) is 27.2. The van der Waals surface area contributed by atoms with Crippen LogP contribution in [0.4, 0.5) is 59.4 Å². The third-order valence-electron chi connectivity index (χ3n) is 12.5. The molecule has 9 aromatic rings. The molecule has 0 unspecified atom stereocenters. The van der Waals surface area contributed by atoms with Crippen molar-refractivity contribution in [1.29, 1.82) is 5.26 Å². The van der Waals surface area contributed by atoms with Gasteiger partial charge in [-0.1, -0.05) is 78.1 Å². The molecule has 0 fully saturated rings. The number of carbonyl (C=O) groups excluding carboxylic acids is 2. The Morgan fingerprint density at radius 2 is 1.09 bits per heavy atom. The van der Waals surface area contributed by atoms with Gasteiger partial charge in [-0.25, -0.2) is 24.5 Å². The largest absolute Gasteiger partial charge is 0.493 e. The second kappa shape index (κ2) is 38.1. The highest BCUT2D eigenvalue weighted by Gasteiger charge is 2.40. The smallest absolute Gasteiger partial charge is 0.437 e. The van der Waals surface area contributed by atoms with Crippen LogP contribution in [0.1, 0.15) is 101 Å². The number of hydrogen-bond donors (Lipinski definition) is 3. The summed E-state index contributed by atoms with van der Waals surface area (Å²) in [4.78, 5) is 39.3. The second-order valence-corrected chi connectivity index (χ2v) is 21.1. The quantitative estimate of drug-likeness (QED) is 0.0246. The fourth-order valence-electron chi connectivity index (χ4n) is 8.47. The van der Waals surface area contributed by atoms with E-state index in [1.165, 1.54) is 86.8 Å². The van der Waals surface area contributed by atoms with E-state index in [2.05, 4.69) is 41.1 Å². The van der Waals surface area contributed by atoms with Crippen molar-refractivity contribution >= 4 is 100 Å². The highest BCUT2D eigenvalue weighted by molar-refractivity contribution is 14.1. The molecule has 0 atom stereocenters. The zero-order valence-corrected chi connectivity index (χ0v) is 55.0. The maximum absolute atomic E-state index is 13.1. The molecule has 6 aromatic heterocycles. The van der Waals surface area contributed by atoms with Gasteiger partial charge < -0.3 is 48.6 Å². The molecule has 0 saturated heterocycles. The van der Waals surface area contributed by atoms with E-state index < -0.39 is 35.6 Å². The SMILES string of the molecule is CC#N.CCCc1c(OCCCN(C)C(=O)Nc2nccs2)ccc2c(C(F)(F)F)noc12.CCCc1c(OCCCN(C)C(=O)n2ccnc2)ccc2c(C(F)(F)F)noc12.CCCc1c(OCCCNC)ccc2c(C(F)(F)F)noc12.Nc1nccs1.[2H]CI. The number of rotatable bonds is 22. The van der Waals surface area contributed by atoms with Crippen molar-refractivity contribution in [1.82, 2.24) is 50.1 Å². The first-order valence-electron chi connectivity index (χ1n) is 29.0. The van der Waals surface area contributed by atoms with Crippen LogP contribution in [0.15, 0.2) is 91.8 Å². The van der Waals surface area contributed by atoms with E-state index in [1.54, 1.807) is 50.2 Å². The van der Waals surface area contributed by atoms with Crippen LogP contribution in [0, 0.1) is 11.3 Å². The summed E-state index contributed by atoms with van der Waals surface area (Å²) < 4.78 is 157. The monoisotopic (exact) mass is 1450 g/mol. The standard InChI is InChI=1S/C19H21F3N4O3S.C19H21F3N4O3.C15H19F3N2O2.C3H4N2S.C2H3N.CH3I/c1-3-5-12-14(7-6-13-15(12)29-25-16(13)19(20,21)22)28-10-4-9-26(2)18(27)24-17-23-8-11-30-17;1-3-5-13-15(7-6-14-16(13)29-24-17(14)19(20,21)22)28-11-4-9-25(2)18(27)26-10-8-23-12-26;1-3-5-10-12(21-9-4-8-19-2)7-6-11-13(10)22-20-14(11)15(16,17)18;4-3-5-1-2-6-3;1-2-3;1-2/h6-8,11H,3-5,9-10H2,1-2H3,(H,23,24,27);6-8,10,12H,3-5,9,11H2,1-2H3;6-7,19H,3-5,8-9H2,1-2H3;1-2H,(H2,4,5);1H3;1H3/i;;;;;1D. The van der Waals surface area contributed by atoms with Crippen molar-refractivity contribution in [3.05, 3.63) is 112 Å². The highest BCUT2D eigenvalue weighted by Crippen LogP contribution is 2.41. The number of fused-ring (bicyclic) bond motifs is 3. The van der Waals surface area contributed by atoms with E-state index in [0.29, 0.717) is 120 Å². The molecule has 9 rings (SSSR count). The highest BCUT2D eigenvalue weighted by atomic mass is 127. The van der Waals surface area contributed by atoms with Gasteiger partial charge >= 0.3 is 30.6 Å². The number of carbonyl (C=O) groups is 2. The summed E-state index contributed by atoms with van der Waals surface area (Å²) in [5.74, 6) is 1.49. The number of anilines is 2. The topological polar surface area (TPSA) is 264 Å². The number of nitrogens with zero attached hydrogens (tertiary/aromatic N) is 10. The zero-order valence-electron chi connectivity index (χ0n) is 52.2. The number of nitrogen functional groups attached to an aromatic ring is 1. The number of nitriles is 1. The van der Waals surface area contributed by atoms with Crippen molar-refractivity contribution in [3.63, 3.8) is 0 Å². The van der Waals surface area contributed by atoms with Gasteiger partial charge in [0.1, 0.15) is 23.6 Å². The van der Waals surface area contributed by atoms with E-state index in [9.17, 15) is 49.1 Å². The minimum Gasteiger partial charge on any atom is -0.493 e. The van der Waals surface area contributed by atoms with Crippen LogP contribution in [0.3, 0.4) is 0 Å². The molecule has 6 heterocycles. The number of hydrogen-bond acceptors (Lipinski definition) is 19. The Morgan fingerprint density at radius 1 is 0.685 bits per heavy atom. The molecule has 3 aromatic carbocycles. The summed E-state index contributed by atoms with van der Waals surface area (Å²) >= 11 is 4.73.